The van der Waals surface area contributed by atoms with E-state index in [1.54, 1.807) is 41.8 Å². The number of anilines is 1. The van der Waals surface area contributed by atoms with Gasteiger partial charge in [-0.1, -0.05) is 12.1 Å². The predicted molar refractivity (Wildman–Crippen MR) is 118 cm³/mol. The fourth-order valence-electron chi connectivity index (χ4n) is 3.11. The van der Waals surface area contributed by atoms with Crippen molar-refractivity contribution in [2.24, 2.45) is 0 Å². The summed E-state index contributed by atoms with van der Waals surface area (Å²) in [7, 11) is 1.54. The number of rotatable bonds is 6. The summed E-state index contributed by atoms with van der Waals surface area (Å²) in [6.45, 7) is 4.00. The molecule has 0 bridgehead atoms. The van der Waals surface area contributed by atoms with E-state index in [0.29, 0.717) is 34.1 Å². The Labute approximate surface area is 182 Å². The van der Waals surface area contributed by atoms with E-state index in [-0.39, 0.29) is 11.9 Å². The molecule has 0 fully saturated rings. The number of hydrogen-bond donors (Lipinski definition) is 1. The number of methoxy groups -OCH3 is 1. The van der Waals surface area contributed by atoms with Crippen LogP contribution in [0, 0.1) is 6.92 Å². The van der Waals surface area contributed by atoms with E-state index in [1.165, 1.54) is 18.4 Å². The number of pyridine rings is 1. The van der Waals surface area contributed by atoms with E-state index >= 15 is 0 Å². The zero-order valence-corrected chi connectivity index (χ0v) is 18.0. The molecule has 0 atom stereocenters. The minimum atomic E-state index is -0.396. The van der Waals surface area contributed by atoms with Gasteiger partial charge in [0.05, 0.1) is 29.9 Å². The van der Waals surface area contributed by atoms with Crippen LogP contribution < -0.4 is 10.1 Å². The summed E-state index contributed by atoms with van der Waals surface area (Å²) in [6, 6.07) is 14.3. The normalized spacial score (nSPS) is 10.8. The van der Waals surface area contributed by atoms with Crippen LogP contribution in [-0.2, 0) is 4.74 Å². The highest BCUT2D eigenvalue weighted by Crippen LogP contribution is 2.28. The summed E-state index contributed by atoms with van der Waals surface area (Å²) in [5, 5.41) is 7.20. The average molecular weight is 436 g/mol. The Balaban J connectivity index is 1.74. The maximum atomic E-state index is 12.5. The molecule has 0 spiro atoms. The van der Waals surface area contributed by atoms with Crippen LogP contribution in [0.5, 0.6) is 5.75 Å². The number of carbonyl (C=O) groups is 2. The Hall–Kier alpha value is -3.72. The van der Waals surface area contributed by atoms with Gasteiger partial charge in [0, 0.05) is 10.4 Å². The van der Waals surface area contributed by atoms with Gasteiger partial charge in [-0.25, -0.2) is 9.31 Å². The van der Waals surface area contributed by atoms with E-state index < -0.39 is 5.97 Å². The molecule has 0 aliphatic carbocycles. The summed E-state index contributed by atoms with van der Waals surface area (Å²) in [6.07, 6.45) is 0. The summed E-state index contributed by atoms with van der Waals surface area (Å²) in [5.74, 6) is -0.0145. The maximum Gasteiger partial charge on any atom is 0.338 e. The molecule has 4 aromatic rings. The number of nitrogens with zero attached hydrogens (tertiary/aromatic N) is 3. The molecule has 0 unspecified atom stereocenters. The van der Waals surface area contributed by atoms with Crippen LogP contribution in [0.4, 0.5) is 5.95 Å². The summed E-state index contributed by atoms with van der Waals surface area (Å²) < 4.78 is 12.1. The summed E-state index contributed by atoms with van der Waals surface area (Å²) >= 11 is 1.39. The summed E-state index contributed by atoms with van der Waals surface area (Å²) in [5.41, 5.74) is 2.31. The third-order valence-corrected chi connectivity index (χ3v) is 5.53. The maximum absolute atomic E-state index is 12.5. The number of nitrogens with one attached hydrogen (secondary N) is 1. The fourth-order valence-corrected chi connectivity index (χ4v) is 3.87. The first-order valence-corrected chi connectivity index (χ1v) is 10.4. The quantitative estimate of drug-likeness (QED) is 0.455. The Morgan fingerprint density at radius 3 is 2.71 bits per heavy atom. The number of esters is 1. The van der Waals surface area contributed by atoms with Gasteiger partial charge >= 0.3 is 5.97 Å². The van der Waals surface area contributed by atoms with Gasteiger partial charge in [-0.15, -0.1) is 16.4 Å². The average Bonchev–Trinajstić information content (AvgIpc) is 3.39. The Morgan fingerprint density at radius 1 is 1.16 bits per heavy atom. The number of aryl methyl sites for hydroxylation is 1. The van der Waals surface area contributed by atoms with Crippen LogP contribution in [0.2, 0.25) is 0 Å². The molecule has 31 heavy (non-hydrogen) atoms. The first kappa shape index (κ1) is 20.5. The lowest BCUT2D eigenvalue weighted by atomic mass is 10.1. The van der Waals surface area contributed by atoms with Gasteiger partial charge in [-0.3, -0.25) is 10.1 Å². The lowest BCUT2D eigenvalue weighted by Crippen LogP contribution is -2.11. The molecule has 0 saturated carbocycles. The van der Waals surface area contributed by atoms with Crippen molar-refractivity contribution in [1.29, 1.82) is 0 Å². The summed E-state index contributed by atoms with van der Waals surface area (Å²) in [4.78, 5) is 30.7. The Bertz CT molecular complexity index is 1280. The molecule has 0 aliphatic heterocycles. The van der Waals surface area contributed by atoms with Gasteiger partial charge in [0.2, 0.25) is 5.95 Å². The molecular formula is C22H20N4O4S. The largest absolute Gasteiger partial charge is 0.493 e. The SMILES string of the molecule is CCOC(=O)c1cccc(-c2ccc(OC)c3nc(NC(=O)c4ccc(C)s4)nn23)c1. The molecule has 0 saturated heterocycles. The molecular weight excluding hydrogens is 416 g/mol. The van der Waals surface area contributed by atoms with Crippen molar-refractivity contribution < 1.29 is 19.1 Å². The third-order valence-electron chi connectivity index (χ3n) is 4.53. The Morgan fingerprint density at radius 2 is 2.00 bits per heavy atom. The molecule has 4 rings (SSSR count). The number of amides is 1. The number of aromatic nitrogens is 3. The van der Waals surface area contributed by atoms with Gasteiger partial charge in [0.25, 0.3) is 5.91 Å². The van der Waals surface area contributed by atoms with Gasteiger partial charge in [-0.05, 0) is 50.2 Å². The van der Waals surface area contributed by atoms with Crippen LogP contribution in [0.3, 0.4) is 0 Å². The molecule has 0 aliphatic rings. The molecule has 0 radical (unpaired) electrons. The van der Waals surface area contributed by atoms with Crippen LogP contribution in [-0.4, -0.2) is 40.2 Å². The van der Waals surface area contributed by atoms with Crippen LogP contribution in [0.25, 0.3) is 16.9 Å². The monoisotopic (exact) mass is 436 g/mol. The molecule has 3 heterocycles. The number of hydrogen-bond acceptors (Lipinski definition) is 7. The van der Waals surface area contributed by atoms with E-state index in [2.05, 4.69) is 15.4 Å². The number of fused-ring (bicyclic) bond motifs is 1. The lowest BCUT2D eigenvalue weighted by Gasteiger charge is -2.09. The predicted octanol–water partition coefficient (Wildman–Crippen LogP) is 4.20. The second-order valence-corrected chi connectivity index (χ2v) is 7.91. The van der Waals surface area contributed by atoms with Gasteiger partial charge in [-0.2, -0.15) is 4.98 Å². The van der Waals surface area contributed by atoms with Gasteiger partial charge in [0.15, 0.2) is 11.4 Å². The molecule has 8 nitrogen and oxygen atoms in total. The molecule has 1 aromatic carbocycles. The van der Waals surface area contributed by atoms with E-state index in [1.807, 2.05) is 25.1 Å². The van der Waals surface area contributed by atoms with Gasteiger partial charge < -0.3 is 9.47 Å². The first-order valence-electron chi connectivity index (χ1n) is 9.59. The van der Waals surface area contributed by atoms with E-state index in [9.17, 15) is 9.59 Å². The van der Waals surface area contributed by atoms with E-state index in [4.69, 9.17) is 9.47 Å². The molecule has 9 heteroatoms. The first-order chi connectivity index (χ1) is 15.0. The smallest absolute Gasteiger partial charge is 0.338 e. The van der Waals surface area contributed by atoms with Gasteiger partial charge in [0.1, 0.15) is 0 Å². The minimum absolute atomic E-state index is 0.156. The van der Waals surface area contributed by atoms with Crippen molar-refractivity contribution in [3.05, 3.63) is 63.8 Å². The second-order valence-electron chi connectivity index (χ2n) is 6.62. The molecule has 3 aromatic heterocycles. The molecule has 158 valence electrons. The number of ether oxygens (including phenoxy) is 2. The second kappa shape index (κ2) is 8.57. The standard InChI is InChI=1S/C22H20N4O4S/c1-4-30-21(28)15-7-5-6-14(12-15)16-9-10-17(29-3)19-23-22(25-26(16)19)24-20(27)18-11-8-13(2)31-18/h5-12H,4H2,1-3H3,(H,24,25,27). The highest BCUT2D eigenvalue weighted by atomic mass is 32.1. The molecule has 1 amide bonds. The number of benzene rings is 1. The van der Waals surface area contributed by atoms with E-state index in [0.717, 1.165) is 10.4 Å². The van der Waals surface area contributed by atoms with Crippen molar-refractivity contribution in [3.8, 4) is 17.0 Å². The highest BCUT2D eigenvalue weighted by molar-refractivity contribution is 7.14. The van der Waals surface area contributed by atoms with Crippen molar-refractivity contribution in [2.45, 2.75) is 13.8 Å². The van der Waals surface area contributed by atoms with Crippen LogP contribution >= 0.6 is 11.3 Å². The van der Waals surface area contributed by atoms with Crippen LogP contribution in [0.15, 0.2) is 48.5 Å². The fraction of sp³-hybridized carbons (Fsp3) is 0.182. The van der Waals surface area contributed by atoms with Crippen molar-refractivity contribution >= 4 is 34.8 Å². The van der Waals surface area contributed by atoms with Crippen molar-refractivity contribution in [3.63, 3.8) is 0 Å². The third kappa shape index (κ3) is 4.13. The number of carbonyl (C=O) groups excluding carboxylic acids is 2. The van der Waals surface area contributed by atoms with Crippen LogP contribution in [0.1, 0.15) is 31.8 Å². The zero-order valence-electron chi connectivity index (χ0n) is 17.2. The Kier molecular flexibility index (Phi) is 5.68. The lowest BCUT2D eigenvalue weighted by molar-refractivity contribution is 0.0526. The highest BCUT2D eigenvalue weighted by Gasteiger charge is 2.17. The zero-order chi connectivity index (χ0) is 22.0. The topological polar surface area (TPSA) is 94.8 Å². The van der Waals surface area contributed by atoms with Crippen molar-refractivity contribution in [2.75, 3.05) is 19.0 Å². The molecule has 1 N–H and O–H groups in total. The minimum Gasteiger partial charge on any atom is -0.493 e. The number of thiophene rings is 1. The van der Waals surface area contributed by atoms with Crippen molar-refractivity contribution in [1.82, 2.24) is 14.6 Å².